The molecule has 0 spiro atoms. The molecule has 1 aromatic rings. The molecule has 3 heteroatoms. The largest absolute Gasteiger partial charge is 0.504 e. The van der Waals surface area contributed by atoms with E-state index in [-0.39, 0.29) is 5.75 Å². The van der Waals surface area contributed by atoms with Crippen LogP contribution in [-0.2, 0) is 0 Å². The van der Waals surface area contributed by atoms with E-state index in [0.29, 0.717) is 5.82 Å². The van der Waals surface area contributed by atoms with Crippen molar-refractivity contribution in [3.05, 3.63) is 29.7 Å². The van der Waals surface area contributed by atoms with Gasteiger partial charge in [0.05, 0.1) is 0 Å². The number of nitrogens with zero attached hydrogens (tertiary/aromatic N) is 2. The first-order valence-electron chi connectivity index (χ1n) is 2.35. The third kappa shape index (κ3) is 1.16. The Bertz CT molecular complexity index is 234. The Morgan fingerprint density at radius 2 is 2.33 bits per heavy atom. The molecule has 0 saturated heterocycles. The SMILES string of the molecule is [C-]#[N+]c1ccc(O)cn1. The van der Waals surface area contributed by atoms with Gasteiger partial charge in [0.25, 0.3) is 5.82 Å². The zero-order valence-electron chi connectivity index (χ0n) is 4.57. The van der Waals surface area contributed by atoms with Crippen molar-refractivity contribution in [2.75, 3.05) is 0 Å². The van der Waals surface area contributed by atoms with E-state index < -0.39 is 0 Å². The van der Waals surface area contributed by atoms with Gasteiger partial charge in [-0.2, -0.15) is 0 Å². The zero-order chi connectivity index (χ0) is 6.69. The smallest absolute Gasteiger partial charge is 0.269 e. The molecule has 0 fully saturated rings. The summed E-state index contributed by atoms with van der Waals surface area (Å²) in [6.45, 7) is 6.50. The second-order valence-electron chi connectivity index (χ2n) is 1.49. The first kappa shape index (κ1) is 5.57. The van der Waals surface area contributed by atoms with Gasteiger partial charge in [0.2, 0.25) is 0 Å². The highest BCUT2D eigenvalue weighted by Crippen LogP contribution is 2.11. The Morgan fingerprint density at radius 1 is 1.56 bits per heavy atom. The van der Waals surface area contributed by atoms with Gasteiger partial charge in [-0.05, 0) is 12.1 Å². The summed E-state index contributed by atoms with van der Waals surface area (Å²) in [5.41, 5.74) is 0. The second kappa shape index (κ2) is 2.14. The summed E-state index contributed by atoms with van der Waals surface area (Å²) in [6.07, 6.45) is 1.24. The molecule has 0 saturated carbocycles. The van der Waals surface area contributed by atoms with Crippen LogP contribution in [-0.4, -0.2) is 10.1 Å². The number of hydrogen-bond acceptors (Lipinski definition) is 2. The highest BCUT2D eigenvalue weighted by atomic mass is 16.3. The molecule has 9 heavy (non-hydrogen) atoms. The highest BCUT2D eigenvalue weighted by Gasteiger charge is 1.90. The highest BCUT2D eigenvalue weighted by molar-refractivity contribution is 5.37. The lowest BCUT2D eigenvalue weighted by Gasteiger charge is -1.85. The molecule has 1 rings (SSSR count). The van der Waals surface area contributed by atoms with Gasteiger partial charge in [-0.25, -0.2) is 0 Å². The van der Waals surface area contributed by atoms with Crippen molar-refractivity contribution in [3.63, 3.8) is 0 Å². The van der Waals surface area contributed by atoms with Crippen molar-refractivity contribution in [1.82, 2.24) is 4.98 Å². The maximum Gasteiger partial charge on any atom is 0.269 e. The van der Waals surface area contributed by atoms with Crippen LogP contribution in [0.1, 0.15) is 0 Å². The van der Waals surface area contributed by atoms with E-state index in [1.54, 1.807) is 0 Å². The molecule has 0 amide bonds. The van der Waals surface area contributed by atoms with Gasteiger partial charge in [-0.1, -0.05) is 6.57 Å². The Morgan fingerprint density at radius 3 is 2.78 bits per heavy atom. The van der Waals surface area contributed by atoms with E-state index in [4.69, 9.17) is 11.7 Å². The molecule has 0 aliphatic rings. The van der Waals surface area contributed by atoms with Gasteiger partial charge in [0, 0.05) is 0 Å². The van der Waals surface area contributed by atoms with Gasteiger partial charge in [-0.3, -0.25) is 0 Å². The fourth-order valence-electron chi connectivity index (χ4n) is 0.444. The molecule has 0 aliphatic carbocycles. The van der Waals surface area contributed by atoms with Crippen molar-refractivity contribution >= 4 is 5.82 Å². The molecule has 0 unspecified atom stereocenters. The standard InChI is InChI=1S/C6H4N2O/c1-7-6-3-2-5(9)4-8-6/h2-4,9H. The summed E-state index contributed by atoms with van der Waals surface area (Å²) >= 11 is 0. The maximum absolute atomic E-state index is 8.69. The molecule has 3 nitrogen and oxygen atoms in total. The van der Waals surface area contributed by atoms with Crippen LogP contribution in [0.5, 0.6) is 5.75 Å². The lowest BCUT2D eigenvalue weighted by Crippen LogP contribution is -1.68. The minimum atomic E-state index is 0.0856. The molecule has 0 radical (unpaired) electrons. The van der Waals surface area contributed by atoms with Crippen LogP contribution in [0.15, 0.2) is 18.3 Å². The van der Waals surface area contributed by atoms with Crippen molar-refractivity contribution < 1.29 is 5.11 Å². The Balaban J connectivity index is 3.06. The monoisotopic (exact) mass is 120 g/mol. The number of pyridine rings is 1. The summed E-state index contributed by atoms with van der Waals surface area (Å²) in [5, 5.41) is 8.69. The predicted molar refractivity (Wildman–Crippen MR) is 32.2 cm³/mol. The van der Waals surface area contributed by atoms with Crippen LogP contribution < -0.4 is 0 Å². The third-order valence-corrected chi connectivity index (χ3v) is 0.847. The van der Waals surface area contributed by atoms with Crippen molar-refractivity contribution in [1.29, 1.82) is 0 Å². The van der Waals surface area contributed by atoms with E-state index in [1.165, 1.54) is 18.3 Å². The van der Waals surface area contributed by atoms with Gasteiger partial charge in [0.1, 0.15) is 0 Å². The van der Waals surface area contributed by atoms with E-state index in [9.17, 15) is 0 Å². The normalized spacial score (nSPS) is 8.33. The van der Waals surface area contributed by atoms with Crippen molar-refractivity contribution in [2.45, 2.75) is 0 Å². The molecule has 0 atom stereocenters. The summed E-state index contributed by atoms with van der Waals surface area (Å²) in [4.78, 5) is 6.63. The van der Waals surface area contributed by atoms with Crippen LogP contribution in [0.3, 0.4) is 0 Å². The van der Waals surface area contributed by atoms with Gasteiger partial charge in [0.15, 0.2) is 11.9 Å². The molecule has 0 bridgehead atoms. The molecule has 0 aromatic carbocycles. The predicted octanol–water partition coefficient (Wildman–Crippen LogP) is 1.34. The minimum absolute atomic E-state index is 0.0856. The summed E-state index contributed by atoms with van der Waals surface area (Å²) in [7, 11) is 0. The number of aromatic nitrogens is 1. The first-order valence-corrected chi connectivity index (χ1v) is 2.35. The third-order valence-electron chi connectivity index (χ3n) is 0.847. The number of rotatable bonds is 0. The molecule has 1 N–H and O–H groups in total. The zero-order valence-corrected chi connectivity index (χ0v) is 4.57. The lowest BCUT2D eigenvalue weighted by molar-refractivity contribution is 0.473. The Kier molecular flexibility index (Phi) is 1.32. The van der Waals surface area contributed by atoms with Crippen LogP contribution in [0.2, 0.25) is 0 Å². The van der Waals surface area contributed by atoms with E-state index >= 15 is 0 Å². The molecular weight excluding hydrogens is 116 g/mol. The van der Waals surface area contributed by atoms with E-state index in [0.717, 1.165) is 0 Å². The van der Waals surface area contributed by atoms with Crippen molar-refractivity contribution in [3.8, 4) is 5.75 Å². The molecule has 44 valence electrons. The number of aromatic hydroxyl groups is 1. The summed E-state index contributed by atoms with van der Waals surface area (Å²) in [5.74, 6) is 0.384. The van der Waals surface area contributed by atoms with Crippen LogP contribution in [0, 0.1) is 6.57 Å². The van der Waals surface area contributed by atoms with E-state index in [1.807, 2.05) is 0 Å². The number of hydrogen-bond donors (Lipinski definition) is 1. The van der Waals surface area contributed by atoms with Gasteiger partial charge < -0.3 is 9.95 Å². The summed E-state index contributed by atoms with van der Waals surface area (Å²) in [6, 6.07) is 2.89. The van der Waals surface area contributed by atoms with Crippen molar-refractivity contribution in [2.24, 2.45) is 0 Å². The Labute approximate surface area is 52.4 Å². The first-order chi connectivity index (χ1) is 4.33. The Hall–Kier alpha value is -1.56. The lowest BCUT2D eigenvalue weighted by atomic mass is 10.4. The van der Waals surface area contributed by atoms with Crippen LogP contribution >= 0.6 is 0 Å². The fraction of sp³-hybridized carbons (Fsp3) is 0. The maximum atomic E-state index is 8.69. The topological polar surface area (TPSA) is 37.5 Å². The average molecular weight is 120 g/mol. The molecular formula is C6H4N2O. The second-order valence-corrected chi connectivity index (χ2v) is 1.49. The quantitative estimate of drug-likeness (QED) is 0.524. The summed E-state index contributed by atoms with van der Waals surface area (Å²) < 4.78 is 0. The average Bonchev–Trinajstić information content (AvgIpc) is 1.90. The minimum Gasteiger partial charge on any atom is -0.504 e. The van der Waals surface area contributed by atoms with E-state index in [2.05, 4.69) is 9.83 Å². The fourth-order valence-corrected chi connectivity index (χ4v) is 0.444. The molecule has 0 aliphatic heterocycles. The molecule has 1 aromatic heterocycles. The van der Waals surface area contributed by atoms with Gasteiger partial charge >= 0.3 is 0 Å². The van der Waals surface area contributed by atoms with Crippen LogP contribution in [0.25, 0.3) is 4.85 Å². The molecule has 1 heterocycles. The van der Waals surface area contributed by atoms with Gasteiger partial charge in [-0.15, -0.1) is 4.98 Å². The van der Waals surface area contributed by atoms with Crippen LogP contribution in [0.4, 0.5) is 5.82 Å².